The third-order valence-corrected chi connectivity index (χ3v) is 3.70. The summed E-state index contributed by atoms with van der Waals surface area (Å²) >= 11 is 0.349. The zero-order chi connectivity index (χ0) is 15.7. The lowest BCUT2D eigenvalue weighted by molar-refractivity contribution is -0.141. The molecule has 1 atom stereocenters. The lowest BCUT2D eigenvalue weighted by Gasteiger charge is -2.24. The Labute approximate surface area is 117 Å². The molecule has 1 heterocycles. The molecular weight excluding hydrogens is 297 g/mol. The van der Waals surface area contributed by atoms with Crippen molar-refractivity contribution in [2.75, 3.05) is 4.90 Å². The second-order valence-electron chi connectivity index (χ2n) is 4.12. The van der Waals surface area contributed by atoms with Gasteiger partial charge in [0, 0.05) is 13.0 Å². The van der Waals surface area contributed by atoms with Crippen LogP contribution >= 0.6 is 11.3 Å². The summed E-state index contributed by atoms with van der Waals surface area (Å²) in [5.74, 6) is -2.20. The minimum atomic E-state index is -4.87. The number of alkyl halides is 3. The monoisotopic (exact) mass is 310 g/mol. The van der Waals surface area contributed by atoms with E-state index in [1.54, 1.807) is 13.8 Å². The molecule has 1 aromatic rings. The molecule has 0 radical (unpaired) electrons. The maximum absolute atomic E-state index is 12.7. The van der Waals surface area contributed by atoms with E-state index >= 15 is 0 Å². The largest absolute Gasteiger partial charge is 0.477 e. The number of carbonyl (C=O) groups excluding carboxylic acids is 1. The normalized spacial score (nSPS) is 13.1. The predicted molar refractivity (Wildman–Crippen MR) is 67.0 cm³/mol. The maximum atomic E-state index is 12.7. The fourth-order valence-electron chi connectivity index (χ4n) is 1.57. The second-order valence-corrected chi connectivity index (χ2v) is 5.10. The van der Waals surface area contributed by atoms with E-state index in [-0.39, 0.29) is 11.2 Å². The van der Waals surface area contributed by atoms with Crippen LogP contribution in [-0.4, -0.2) is 28.0 Å². The Hall–Kier alpha value is -1.64. The SMILES string of the molecule is CCC(C)N(C(C)=O)c1nc(C(F)(F)F)c(C(=O)O)s1. The summed E-state index contributed by atoms with van der Waals surface area (Å²) < 4.78 is 38.2. The molecule has 1 rings (SSSR count). The van der Waals surface area contributed by atoms with Crippen molar-refractivity contribution >= 4 is 28.3 Å². The molecule has 1 unspecified atom stereocenters. The molecule has 0 bridgehead atoms. The van der Waals surface area contributed by atoms with E-state index in [1.165, 1.54) is 6.92 Å². The Balaban J connectivity index is 3.39. The molecule has 0 aliphatic rings. The Morgan fingerprint density at radius 3 is 2.30 bits per heavy atom. The van der Waals surface area contributed by atoms with Gasteiger partial charge in [0.25, 0.3) is 0 Å². The number of amides is 1. The average molecular weight is 310 g/mol. The summed E-state index contributed by atoms with van der Waals surface area (Å²) in [7, 11) is 0. The lowest BCUT2D eigenvalue weighted by Crippen LogP contribution is -2.36. The van der Waals surface area contributed by atoms with E-state index < -0.39 is 28.6 Å². The third-order valence-electron chi connectivity index (χ3n) is 2.66. The Kier molecular flexibility index (Phi) is 4.74. The van der Waals surface area contributed by atoms with Crippen molar-refractivity contribution in [1.82, 2.24) is 4.98 Å². The van der Waals surface area contributed by atoms with Crippen molar-refractivity contribution in [3.05, 3.63) is 10.6 Å². The van der Waals surface area contributed by atoms with Gasteiger partial charge in [0.2, 0.25) is 5.91 Å². The van der Waals surface area contributed by atoms with Gasteiger partial charge < -0.3 is 5.11 Å². The Morgan fingerprint density at radius 2 is 2.00 bits per heavy atom. The lowest BCUT2D eigenvalue weighted by atomic mass is 10.2. The molecule has 5 nitrogen and oxygen atoms in total. The van der Waals surface area contributed by atoms with Gasteiger partial charge in [-0.1, -0.05) is 18.3 Å². The maximum Gasteiger partial charge on any atom is 0.435 e. The highest BCUT2D eigenvalue weighted by atomic mass is 32.1. The van der Waals surface area contributed by atoms with Crippen molar-refractivity contribution in [3.8, 4) is 0 Å². The fourth-order valence-corrected chi connectivity index (χ4v) is 2.64. The zero-order valence-corrected chi connectivity index (χ0v) is 11.8. The van der Waals surface area contributed by atoms with E-state index in [2.05, 4.69) is 4.98 Å². The van der Waals surface area contributed by atoms with Crippen LogP contribution in [0.3, 0.4) is 0 Å². The van der Waals surface area contributed by atoms with Crippen molar-refractivity contribution in [3.63, 3.8) is 0 Å². The van der Waals surface area contributed by atoms with E-state index in [0.29, 0.717) is 17.8 Å². The molecule has 0 saturated heterocycles. The van der Waals surface area contributed by atoms with E-state index in [1.807, 2.05) is 0 Å². The summed E-state index contributed by atoms with van der Waals surface area (Å²) in [6.07, 6.45) is -4.37. The first-order chi connectivity index (χ1) is 9.09. The molecule has 1 aromatic heterocycles. The van der Waals surface area contributed by atoms with Gasteiger partial charge in [-0.15, -0.1) is 0 Å². The Morgan fingerprint density at radius 1 is 1.45 bits per heavy atom. The topological polar surface area (TPSA) is 70.5 Å². The molecule has 0 saturated carbocycles. The van der Waals surface area contributed by atoms with Crippen LogP contribution in [0, 0.1) is 0 Å². The van der Waals surface area contributed by atoms with Crippen molar-refractivity contribution in [1.29, 1.82) is 0 Å². The molecule has 1 N–H and O–H groups in total. The van der Waals surface area contributed by atoms with Crippen LogP contribution < -0.4 is 4.90 Å². The number of rotatable bonds is 4. The highest BCUT2D eigenvalue weighted by molar-refractivity contribution is 7.17. The van der Waals surface area contributed by atoms with Crippen LogP contribution in [0.1, 0.15) is 42.6 Å². The minimum Gasteiger partial charge on any atom is -0.477 e. The van der Waals surface area contributed by atoms with E-state index in [4.69, 9.17) is 5.11 Å². The van der Waals surface area contributed by atoms with Gasteiger partial charge >= 0.3 is 12.1 Å². The standard InChI is InChI=1S/C11H13F3N2O3S/c1-4-5(2)16(6(3)17)10-15-8(11(12,13)14)7(20-10)9(18)19/h5H,4H2,1-3H3,(H,18,19). The first-order valence-corrected chi connectivity index (χ1v) is 6.52. The van der Waals surface area contributed by atoms with Crippen LogP contribution in [0.25, 0.3) is 0 Å². The van der Waals surface area contributed by atoms with Crippen LogP contribution in [0.2, 0.25) is 0 Å². The summed E-state index contributed by atoms with van der Waals surface area (Å²) in [5, 5.41) is 8.57. The highest BCUT2D eigenvalue weighted by Crippen LogP contribution is 2.38. The zero-order valence-electron chi connectivity index (χ0n) is 11.0. The van der Waals surface area contributed by atoms with Crippen molar-refractivity contribution in [2.45, 2.75) is 39.4 Å². The first kappa shape index (κ1) is 16.4. The van der Waals surface area contributed by atoms with E-state index in [9.17, 15) is 22.8 Å². The van der Waals surface area contributed by atoms with Gasteiger partial charge in [-0.25, -0.2) is 9.78 Å². The summed E-state index contributed by atoms with van der Waals surface area (Å²) in [4.78, 5) is 25.9. The quantitative estimate of drug-likeness (QED) is 0.928. The number of carboxylic acid groups (broad SMARTS) is 1. The van der Waals surface area contributed by atoms with Crippen LogP contribution in [-0.2, 0) is 11.0 Å². The number of aromatic carboxylic acids is 1. The number of carbonyl (C=O) groups is 2. The molecule has 0 aromatic carbocycles. The number of thiazole rings is 1. The Bertz CT molecular complexity index is 527. The second kappa shape index (κ2) is 5.78. The number of halogens is 3. The van der Waals surface area contributed by atoms with Crippen LogP contribution in [0.5, 0.6) is 0 Å². The molecule has 112 valence electrons. The molecule has 1 amide bonds. The number of carboxylic acids is 1. The number of nitrogens with zero attached hydrogens (tertiary/aromatic N) is 2. The van der Waals surface area contributed by atoms with Gasteiger partial charge in [0.05, 0.1) is 0 Å². The predicted octanol–water partition coefficient (Wildman–Crippen LogP) is 3.01. The van der Waals surface area contributed by atoms with E-state index in [0.717, 1.165) is 4.90 Å². The van der Waals surface area contributed by atoms with Crippen LogP contribution in [0.4, 0.5) is 18.3 Å². The highest BCUT2D eigenvalue weighted by Gasteiger charge is 2.41. The minimum absolute atomic E-state index is 0.253. The van der Waals surface area contributed by atoms with Gasteiger partial charge in [0.15, 0.2) is 10.8 Å². The number of aromatic nitrogens is 1. The van der Waals surface area contributed by atoms with Gasteiger partial charge in [0.1, 0.15) is 4.88 Å². The molecule has 20 heavy (non-hydrogen) atoms. The van der Waals surface area contributed by atoms with Crippen molar-refractivity contribution < 1.29 is 27.9 Å². The van der Waals surface area contributed by atoms with Crippen molar-refractivity contribution in [2.24, 2.45) is 0 Å². The first-order valence-electron chi connectivity index (χ1n) is 5.70. The summed E-state index contributed by atoms with van der Waals surface area (Å²) in [6, 6.07) is -0.374. The molecule has 0 fully saturated rings. The fraction of sp³-hybridized carbons (Fsp3) is 0.545. The third kappa shape index (κ3) is 3.27. The summed E-state index contributed by atoms with van der Waals surface area (Å²) in [6.45, 7) is 4.61. The average Bonchev–Trinajstić information content (AvgIpc) is 2.73. The molecule has 9 heteroatoms. The number of hydrogen-bond acceptors (Lipinski definition) is 4. The van der Waals surface area contributed by atoms with Gasteiger partial charge in [-0.2, -0.15) is 13.2 Å². The smallest absolute Gasteiger partial charge is 0.435 e. The molecular formula is C11H13F3N2O3S. The molecule has 0 aliphatic carbocycles. The van der Waals surface area contributed by atoms with Gasteiger partial charge in [-0.05, 0) is 13.3 Å². The number of hydrogen-bond donors (Lipinski definition) is 1. The molecule has 0 aliphatic heterocycles. The van der Waals surface area contributed by atoms with Crippen LogP contribution in [0.15, 0.2) is 0 Å². The molecule has 0 spiro atoms. The number of anilines is 1. The van der Waals surface area contributed by atoms with Gasteiger partial charge in [-0.3, -0.25) is 9.69 Å². The summed E-state index contributed by atoms with van der Waals surface area (Å²) in [5.41, 5.74) is -1.47.